The maximum atomic E-state index is 14.8. The van der Waals surface area contributed by atoms with Crippen molar-refractivity contribution in [2.75, 3.05) is 19.7 Å². The number of amides is 5. The fourth-order valence-electron chi connectivity index (χ4n) is 26.3. The van der Waals surface area contributed by atoms with Crippen molar-refractivity contribution < 1.29 is 154 Å². The highest BCUT2D eigenvalue weighted by molar-refractivity contribution is 5.93. The van der Waals surface area contributed by atoms with E-state index in [4.69, 9.17) is 95.9 Å². The zero-order valence-electron chi connectivity index (χ0n) is 81.0. The molecule has 37 nitrogen and oxygen atoms in total. The normalized spacial score (nSPS) is 42.1. The second-order valence-electron chi connectivity index (χ2n) is 43.4. The lowest BCUT2D eigenvalue weighted by atomic mass is 9.58. The van der Waals surface area contributed by atoms with Crippen molar-refractivity contribution in [1.29, 1.82) is 0 Å². The van der Waals surface area contributed by atoms with Crippen molar-refractivity contribution >= 4 is 65.0 Å². The summed E-state index contributed by atoms with van der Waals surface area (Å²) in [5.74, 6) is -10.2. The van der Waals surface area contributed by atoms with E-state index in [1.165, 1.54) is 0 Å². The van der Waals surface area contributed by atoms with Gasteiger partial charge in [-0.2, -0.15) is 0 Å². The maximum Gasteiger partial charge on any atom is 0.308 e. The zero-order valence-corrected chi connectivity index (χ0v) is 81.0. The molecule has 135 heavy (non-hydrogen) atoms. The fourth-order valence-corrected chi connectivity index (χ4v) is 26.3. The van der Waals surface area contributed by atoms with Gasteiger partial charge < -0.3 is 88.5 Å². The standard InChI is InChI=1S/C98H149N5O32/c1-53-26-31-66-57(5)83(120-87-95(66)62(53)42-46-91(9,124-87)128-132-95)116-77(110)38-30-61(105)21-14-13-15-23-72(102-76(109)37-41-80(113)119-86-60(8)69-34-29-56(4)65-45-49-94(12)127-90(123-86)98(65,69)135-131-94)82(115)103-70(73(106)25-20-52-104)22-16-19-51-100-81(114)71(101-75(108)36-40-79(112)118-85-59(7)68-33-28-55(3)64-44-48-93(11)126-89(122-85)97(64,68)134-130-93)24-17-18-50-99-74(107)35-39-78(111)117-84-58(6)67-32-27-54(2)63-43-47-92(10)125-88(121-84)96(63,67)133-129-92/h53-60,62-72,83-90,104H,13-52H2,1-12H3,(H,99,107)(H,100,114)(H,101,108)(H,102,109)(H,103,115)/t53-,54-,55-,56-,57-,58-,59-,60-,62+,63+,64+,65+,66+,67+,68+,69+,70?,71?,72?,83-,84-,85-,86-,87-,88-,89-,90-,91+,92+,93+,94+,95-,96-,97-,98-/m1/s1. The first-order valence-electron chi connectivity index (χ1n) is 51.1. The van der Waals surface area contributed by atoms with Crippen LogP contribution in [0.4, 0.5) is 0 Å². The topological polar surface area (TPSA) is 453 Å². The Kier molecular flexibility index (Phi) is 31.8. The first-order chi connectivity index (χ1) is 64.4. The number of ether oxygens (including phenoxy) is 12. The van der Waals surface area contributed by atoms with Gasteiger partial charge in [0.25, 0.3) is 0 Å². The maximum absolute atomic E-state index is 14.8. The molecule has 4 spiro atoms. The summed E-state index contributed by atoms with van der Waals surface area (Å²) in [6.07, 6.45) is 5.77. The molecule has 37 heteroatoms. The molecular weight excluding hydrogens is 1760 g/mol. The molecular formula is C98H149N5O32. The molecule has 20 aliphatic rings. The molecule has 0 aromatic heterocycles. The molecule has 0 aromatic rings. The van der Waals surface area contributed by atoms with Crippen molar-refractivity contribution in [1.82, 2.24) is 26.6 Å². The third-order valence-electron chi connectivity index (χ3n) is 34.2. The first kappa shape index (κ1) is 102. The van der Waals surface area contributed by atoms with E-state index in [-0.39, 0.29) is 199 Å². The van der Waals surface area contributed by atoms with Crippen molar-refractivity contribution in [3.63, 3.8) is 0 Å². The molecule has 16 heterocycles. The van der Waals surface area contributed by atoms with Crippen LogP contribution in [0.5, 0.6) is 0 Å². The van der Waals surface area contributed by atoms with Gasteiger partial charge in [-0.15, -0.1) is 0 Å². The van der Waals surface area contributed by atoms with Crippen LogP contribution in [0.15, 0.2) is 0 Å². The highest BCUT2D eigenvalue weighted by Gasteiger charge is 2.75. The van der Waals surface area contributed by atoms with Crippen molar-refractivity contribution in [2.24, 2.45) is 94.7 Å². The SMILES string of the molecule is C[C@H]1[C@H](OC(=O)CCC(=O)CCCCCC(NC(=O)CCC(=O)O[C@@H]2O[C@@H]3O[C@]4(C)CC[C@H]5[C@H](C)CC[C@@H]([C@H]2C)[C@@]35OO4)C(=O)NC(CCCCNC(=O)C(CCCCNC(=O)CCC(=O)O[C@@H]2O[C@@H]3O[C@]4(C)CC[C@H]5[C@H](C)CC[C@@H]([C@H]2C)[C@@]35OO4)NC(=O)CCC(=O)O[C@@H]2O[C@@H]3O[C@]4(C)CC[C@H]5[C@H](C)CC[C@@H]([C@H]2C)[C@@]35OO4)C(=O)CCCO)O[C@@H]2O[C@]3(C)CC[C@H]4[C@H](C)CC[C@@H]1[C@@]24OO3. The van der Waals surface area contributed by atoms with Crippen LogP contribution in [-0.2, 0) is 149 Å². The number of ketones is 2. The van der Waals surface area contributed by atoms with E-state index in [9.17, 15) is 57.8 Å². The lowest BCUT2D eigenvalue weighted by molar-refractivity contribution is -0.576. The Morgan fingerprint density at radius 2 is 0.630 bits per heavy atom. The smallest absolute Gasteiger partial charge is 0.308 e. The van der Waals surface area contributed by atoms with Crippen molar-refractivity contribution in [2.45, 2.75) is 435 Å². The van der Waals surface area contributed by atoms with Crippen molar-refractivity contribution in [3.05, 3.63) is 0 Å². The van der Waals surface area contributed by atoms with Gasteiger partial charge >= 0.3 is 23.9 Å². The van der Waals surface area contributed by atoms with Gasteiger partial charge in [-0.1, -0.05) is 68.2 Å². The minimum Gasteiger partial charge on any atom is -0.435 e. The number of unbranched alkanes of at least 4 members (excludes halogenated alkanes) is 4. The number of carbonyl (C=O) groups excluding carboxylic acids is 11. The number of esters is 4. The minimum atomic E-state index is -1.24. The number of rotatable bonds is 41. The van der Waals surface area contributed by atoms with Gasteiger partial charge in [-0.05, 0) is 210 Å². The molecule has 16 saturated heterocycles. The quantitative estimate of drug-likeness (QED) is 0.0143. The van der Waals surface area contributed by atoms with E-state index < -0.39 is 173 Å². The monoisotopic (exact) mass is 1910 g/mol. The molecule has 4 aliphatic carbocycles. The summed E-state index contributed by atoms with van der Waals surface area (Å²) in [5.41, 5.74) is -3.49. The molecule has 35 atom stereocenters. The number of aliphatic hydroxyl groups is 1. The Morgan fingerprint density at radius 1 is 0.311 bits per heavy atom. The van der Waals surface area contributed by atoms with Crippen LogP contribution >= 0.6 is 0 Å². The molecule has 20 rings (SSSR count). The van der Waals surface area contributed by atoms with Gasteiger partial charge in [0.15, 0.2) is 53.3 Å². The number of aliphatic hydroxyl groups excluding tert-OH is 1. The van der Waals surface area contributed by atoms with E-state index in [0.29, 0.717) is 81.5 Å². The van der Waals surface area contributed by atoms with Gasteiger partial charge in [0.1, 0.15) is 17.9 Å². The summed E-state index contributed by atoms with van der Waals surface area (Å²) in [6.45, 7) is 23.8. The number of hydrogen-bond acceptors (Lipinski definition) is 32. The average Bonchev–Trinajstić information content (AvgIpc) is 1.65. The molecule has 4 saturated carbocycles. The van der Waals surface area contributed by atoms with Crippen LogP contribution in [-0.4, -0.2) is 204 Å². The van der Waals surface area contributed by atoms with Crippen LogP contribution in [0, 0.1) is 94.7 Å². The summed E-state index contributed by atoms with van der Waals surface area (Å²) in [4.78, 5) is 202. The number of nitrogens with one attached hydrogen (secondary N) is 5. The van der Waals surface area contributed by atoms with Gasteiger partial charge in [0, 0.05) is 131 Å². The lowest BCUT2D eigenvalue weighted by Crippen LogP contribution is -2.70. The van der Waals surface area contributed by atoms with E-state index in [2.05, 4.69) is 54.3 Å². The third kappa shape index (κ3) is 21.1. The summed E-state index contributed by atoms with van der Waals surface area (Å²) in [7, 11) is 0. The second-order valence-corrected chi connectivity index (χ2v) is 43.4. The number of Topliss-reactive ketones (excluding diaryl/α,β-unsaturated/α-hetero) is 2. The first-order valence-corrected chi connectivity index (χ1v) is 51.1. The fraction of sp³-hybridized carbons (Fsp3) is 0.888. The molecule has 8 bridgehead atoms. The highest BCUT2D eigenvalue weighted by Crippen LogP contribution is 2.66. The molecule has 5 amide bonds. The Hall–Kier alpha value is -6.11. The molecule has 16 aliphatic heterocycles. The molecule has 0 radical (unpaired) electrons. The van der Waals surface area contributed by atoms with Gasteiger partial charge in [0.05, 0.1) is 31.7 Å². The molecule has 20 fully saturated rings. The average molecular weight is 1910 g/mol. The zero-order chi connectivity index (χ0) is 95.9. The number of fused-ring (bicyclic) bond motifs is 8. The molecule has 3 unspecified atom stereocenters. The Balaban J connectivity index is 0.523. The largest absolute Gasteiger partial charge is 0.435 e. The minimum absolute atomic E-state index is 0.0454. The summed E-state index contributed by atoms with van der Waals surface area (Å²) in [6, 6.07) is -3.50. The number of hydrogen-bond donors (Lipinski definition) is 6. The van der Waals surface area contributed by atoms with Crippen LogP contribution in [0.25, 0.3) is 0 Å². The van der Waals surface area contributed by atoms with Crippen molar-refractivity contribution in [3.8, 4) is 0 Å². The predicted molar refractivity (Wildman–Crippen MR) is 468 cm³/mol. The van der Waals surface area contributed by atoms with Gasteiger partial charge in [-0.3, -0.25) is 52.7 Å². The third-order valence-corrected chi connectivity index (χ3v) is 34.2. The molecule has 758 valence electrons. The van der Waals surface area contributed by atoms with Crippen LogP contribution in [0.3, 0.4) is 0 Å². The second kappa shape index (κ2) is 42.2. The predicted octanol–water partition coefficient (Wildman–Crippen LogP) is 11.0. The highest BCUT2D eigenvalue weighted by atomic mass is 17.3. The van der Waals surface area contributed by atoms with Crippen LogP contribution < -0.4 is 26.6 Å². The lowest BCUT2D eigenvalue weighted by Gasteiger charge is -2.59. The molecule has 0 aromatic carbocycles. The Labute approximate surface area is 790 Å². The van der Waals surface area contributed by atoms with E-state index in [1.54, 1.807) is 13.8 Å². The Bertz CT molecular complexity index is 4260. The summed E-state index contributed by atoms with van der Waals surface area (Å²) >= 11 is 0. The summed E-state index contributed by atoms with van der Waals surface area (Å²) in [5, 5.41) is 24.2. The van der Waals surface area contributed by atoms with E-state index in [0.717, 1.165) is 77.0 Å². The molecule has 6 N–H and O–H groups in total. The van der Waals surface area contributed by atoms with E-state index >= 15 is 0 Å². The van der Waals surface area contributed by atoms with Gasteiger partial charge in [-0.25, -0.2) is 39.1 Å². The van der Waals surface area contributed by atoms with Gasteiger partial charge in [0.2, 0.25) is 77.8 Å². The number of carbonyl (C=O) groups is 11. The van der Waals surface area contributed by atoms with Crippen LogP contribution in [0.1, 0.15) is 321 Å². The van der Waals surface area contributed by atoms with E-state index in [1.807, 2.05) is 41.5 Å². The van der Waals surface area contributed by atoms with Crippen LogP contribution in [0.2, 0.25) is 0 Å². The Morgan fingerprint density at radius 3 is 0.985 bits per heavy atom. The summed E-state index contributed by atoms with van der Waals surface area (Å²) < 4.78 is 75.6.